The molecule has 0 amide bonds. The van der Waals surface area contributed by atoms with Gasteiger partial charge in [0, 0.05) is 17.5 Å². The van der Waals surface area contributed by atoms with Crippen molar-refractivity contribution >= 4 is 5.78 Å². The summed E-state index contributed by atoms with van der Waals surface area (Å²) < 4.78 is 13.1. The highest BCUT2D eigenvalue weighted by atomic mass is 19.1. The Bertz CT molecular complexity index is 397. The summed E-state index contributed by atoms with van der Waals surface area (Å²) in [5, 5.41) is 3.23. The standard InChI is InChI=1S/C13H16FNO/c1-13(6-3-7-15-9-13)12(16)10-4-2-5-11(14)8-10/h2,4-5,8,15H,3,6-7,9H2,1H3. The lowest BCUT2D eigenvalue weighted by atomic mass is 9.76. The molecule has 86 valence electrons. The van der Waals surface area contributed by atoms with E-state index in [0.29, 0.717) is 12.1 Å². The molecule has 1 heterocycles. The number of carbonyl (C=O) groups is 1. The zero-order valence-corrected chi connectivity index (χ0v) is 9.42. The van der Waals surface area contributed by atoms with Crippen LogP contribution in [0.5, 0.6) is 0 Å². The van der Waals surface area contributed by atoms with E-state index in [1.165, 1.54) is 12.1 Å². The first-order chi connectivity index (χ1) is 7.62. The Hall–Kier alpha value is -1.22. The average molecular weight is 221 g/mol. The largest absolute Gasteiger partial charge is 0.316 e. The second-order valence-electron chi connectivity index (χ2n) is 4.68. The molecule has 3 heteroatoms. The molecule has 0 radical (unpaired) electrons. The lowest BCUT2D eigenvalue weighted by Gasteiger charge is -2.32. The van der Waals surface area contributed by atoms with Crippen LogP contribution < -0.4 is 5.32 Å². The van der Waals surface area contributed by atoms with E-state index in [1.807, 2.05) is 6.92 Å². The van der Waals surface area contributed by atoms with Crippen molar-refractivity contribution in [2.75, 3.05) is 13.1 Å². The Morgan fingerprint density at radius 2 is 2.31 bits per heavy atom. The smallest absolute Gasteiger partial charge is 0.170 e. The predicted molar refractivity (Wildman–Crippen MR) is 60.9 cm³/mol. The molecule has 0 spiro atoms. The van der Waals surface area contributed by atoms with Crippen LogP contribution in [0, 0.1) is 11.2 Å². The minimum atomic E-state index is -0.383. The van der Waals surface area contributed by atoms with Crippen LogP contribution in [0.4, 0.5) is 4.39 Å². The zero-order valence-electron chi connectivity index (χ0n) is 9.42. The molecule has 0 saturated carbocycles. The van der Waals surface area contributed by atoms with Crippen molar-refractivity contribution in [1.82, 2.24) is 5.32 Å². The highest BCUT2D eigenvalue weighted by molar-refractivity contribution is 6.00. The van der Waals surface area contributed by atoms with E-state index in [0.717, 1.165) is 19.4 Å². The quantitative estimate of drug-likeness (QED) is 0.777. The molecular formula is C13H16FNO. The molecule has 1 aromatic carbocycles. The highest BCUT2D eigenvalue weighted by Crippen LogP contribution is 2.29. The molecule has 1 fully saturated rings. The Morgan fingerprint density at radius 3 is 2.94 bits per heavy atom. The van der Waals surface area contributed by atoms with Gasteiger partial charge in [0.2, 0.25) is 0 Å². The number of halogens is 1. The second-order valence-corrected chi connectivity index (χ2v) is 4.68. The summed E-state index contributed by atoms with van der Waals surface area (Å²) in [5.41, 5.74) is 0.0951. The summed E-state index contributed by atoms with van der Waals surface area (Å²) in [7, 11) is 0. The van der Waals surface area contributed by atoms with Gasteiger partial charge < -0.3 is 5.32 Å². The van der Waals surface area contributed by atoms with Gasteiger partial charge in [-0.15, -0.1) is 0 Å². The average Bonchev–Trinajstić information content (AvgIpc) is 2.29. The summed E-state index contributed by atoms with van der Waals surface area (Å²) in [6.45, 7) is 3.60. The van der Waals surface area contributed by atoms with Gasteiger partial charge in [0.25, 0.3) is 0 Å². The van der Waals surface area contributed by atoms with E-state index in [4.69, 9.17) is 0 Å². The minimum absolute atomic E-state index is 0.0409. The molecule has 2 rings (SSSR count). The van der Waals surface area contributed by atoms with Gasteiger partial charge in [0.1, 0.15) is 5.82 Å². The van der Waals surface area contributed by atoms with Gasteiger partial charge in [-0.25, -0.2) is 4.39 Å². The zero-order chi connectivity index (χ0) is 11.6. The van der Waals surface area contributed by atoms with E-state index < -0.39 is 0 Å². The van der Waals surface area contributed by atoms with Gasteiger partial charge in [0.05, 0.1) is 0 Å². The predicted octanol–water partition coefficient (Wildman–Crippen LogP) is 2.40. The van der Waals surface area contributed by atoms with Crippen LogP contribution in [0.2, 0.25) is 0 Å². The molecule has 16 heavy (non-hydrogen) atoms. The summed E-state index contributed by atoms with van der Waals surface area (Å²) in [5.74, 6) is -0.308. The number of rotatable bonds is 2. The van der Waals surface area contributed by atoms with Gasteiger partial charge in [-0.2, -0.15) is 0 Å². The number of piperidine rings is 1. The molecule has 1 N–H and O–H groups in total. The summed E-state index contributed by atoms with van der Waals surface area (Å²) in [6, 6.07) is 5.95. The van der Waals surface area contributed by atoms with Crippen molar-refractivity contribution in [3.8, 4) is 0 Å². The Morgan fingerprint density at radius 1 is 1.50 bits per heavy atom. The minimum Gasteiger partial charge on any atom is -0.316 e. The van der Waals surface area contributed by atoms with Crippen molar-refractivity contribution in [1.29, 1.82) is 0 Å². The molecule has 1 saturated heterocycles. The summed E-state index contributed by atoms with van der Waals surface area (Å²) in [6.07, 6.45) is 1.87. The molecule has 1 aromatic rings. The van der Waals surface area contributed by atoms with Crippen molar-refractivity contribution in [2.24, 2.45) is 5.41 Å². The van der Waals surface area contributed by atoms with Crippen molar-refractivity contribution in [3.63, 3.8) is 0 Å². The fraction of sp³-hybridized carbons (Fsp3) is 0.462. The maximum atomic E-state index is 13.1. The molecule has 1 aliphatic heterocycles. The van der Waals surface area contributed by atoms with Crippen molar-refractivity contribution in [3.05, 3.63) is 35.6 Å². The molecule has 1 atom stereocenters. The number of Topliss-reactive ketones (excluding diaryl/α,β-unsaturated/α-hetero) is 1. The summed E-state index contributed by atoms with van der Waals surface area (Å²) in [4.78, 5) is 12.3. The van der Waals surface area contributed by atoms with Crippen LogP contribution in [0.1, 0.15) is 30.1 Å². The SMILES string of the molecule is CC1(C(=O)c2cccc(F)c2)CCCNC1. The lowest BCUT2D eigenvalue weighted by molar-refractivity contribution is 0.0772. The maximum absolute atomic E-state index is 13.1. The van der Waals surface area contributed by atoms with Crippen LogP contribution >= 0.6 is 0 Å². The monoisotopic (exact) mass is 221 g/mol. The molecule has 1 unspecified atom stereocenters. The topological polar surface area (TPSA) is 29.1 Å². The van der Waals surface area contributed by atoms with Crippen LogP contribution in [0.15, 0.2) is 24.3 Å². The Labute approximate surface area is 94.9 Å². The first-order valence-electron chi connectivity index (χ1n) is 5.63. The number of benzene rings is 1. The summed E-state index contributed by atoms with van der Waals surface area (Å²) >= 11 is 0. The van der Waals surface area contributed by atoms with Gasteiger partial charge in [-0.05, 0) is 31.5 Å². The fourth-order valence-electron chi connectivity index (χ4n) is 2.23. The molecular weight excluding hydrogens is 205 g/mol. The van der Waals surface area contributed by atoms with Gasteiger partial charge in [-0.1, -0.05) is 19.1 Å². The van der Waals surface area contributed by atoms with Crippen LogP contribution in [0.3, 0.4) is 0 Å². The van der Waals surface area contributed by atoms with Crippen molar-refractivity contribution < 1.29 is 9.18 Å². The fourth-order valence-corrected chi connectivity index (χ4v) is 2.23. The third-order valence-electron chi connectivity index (χ3n) is 3.23. The molecule has 0 aliphatic carbocycles. The molecule has 0 aromatic heterocycles. The van der Waals surface area contributed by atoms with E-state index >= 15 is 0 Å². The highest BCUT2D eigenvalue weighted by Gasteiger charge is 2.35. The number of hydrogen-bond acceptors (Lipinski definition) is 2. The number of nitrogens with one attached hydrogen (secondary N) is 1. The van der Waals surface area contributed by atoms with Gasteiger partial charge in [-0.3, -0.25) is 4.79 Å². The van der Waals surface area contributed by atoms with E-state index in [1.54, 1.807) is 12.1 Å². The van der Waals surface area contributed by atoms with E-state index in [-0.39, 0.29) is 17.0 Å². The molecule has 0 bridgehead atoms. The molecule has 2 nitrogen and oxygen atoms in total. The number of ketones is 1. The Balaban J connectivity index is 2.24. The van der Waals surface area contributed by atoms with Crippen LogP contribution in [-0.2, 0) is 0 Å². The first-order valence-corrected chi connectivity index (χ1v) is 5.63. The third kappa shape index (κ3) is 2.14. The second kappa shape index (κ2) is 4.34. The van der Waals surface area contributed by atoms with E-state index in [2.05, 4.69) is 5.32 Å². The lowest BCUT2D eigenvalue weighted by Crippen LogP contribution is -2.43. The van der Waals surface area contributed by atoms with E-state index in [9.17, 15) is 9.18 Å². The number of hydrogen-bond donors (Lipinski definition) is 1. The Kier molecular flexibility index (Phi) is 3.06. The van der Waals surface area contributed by atoms with Crippen LogP contribution in [-0.4, -0.2) is 18.9 Å². The number of carbonyl (C=O) groups excluding carboxylic acids is 1. The van der Waals surface area contributed by atoms with Crippen LogP contribution in [0.25, 0.3) is 0 Å². The van der Waals surface area contributed by atoms with Crippen molar-refractivity contribution in [2.45, 2.75) is 19.8 Å². The third-order valence-corrected chi connectivity index (χ3v) is 3.23. The first kappa shape index (κ1) is 11.3. The van der Waals surface area contributed by atoms with Gasteiger partial charge in [0.15, 0.2) is 5.78 Å². The normalized spacial score (nSPS) is 25.4. The maximum Gasteiger partial charge on any atom is 0.170 e. The molecule has 1 aliphatic rings. The van der Waals surface area contributed by atoms with Gasteiger partial charge >= 0.3 is 0 Å².